The van der Waals surface area contributed by atoms with Crippen molar-refractivity contribution in [2.24, 2.45) is 4.99 Å². The van der Waals surface area contributed by atoms with Crippen molar-refractivity contribution in [1.82, 2.24) is 10.6 Å². The molecule has 2 N–H and O–H groups in total. The number of hydrogen-bond acceptors (Lipinski definition) is 2. The summed E-state index contributed by atoms with van der Waals surface area (Å²) in [6.07, 6.45) is 1.95. The summed E-state index contributed by atoms with van der Waals surface area (Å²) in [5, 5.41) is 9.27. The van der Waals surface area contributed by atoms with Gasteiger partial charge < -0.3 is 15.4 Å². The van der Waals surface area contributed by atoms with Crippen LogP contribution >= 0.6 is 24.0 Å². The number of rotatable bonds is 7. The maximum atomic E-state index is 5.04. The molecule has 0 fully saturated rings. The molecule has 0 heterocycles. The molecule has 0 unspecified atom stereocenters. The molecule has 126 valence electrons. The van der Waals surface area contributed by atoms with Crippen molar-refractivity contribution in [3.05, 3.63) is 48.0 Å². The van der Waals surface area contributed by atoms with Crippen LogP contribution in [0.2, 0.25) is 0 Å². The van der Waals surface area contributed by atoms with Gasteiger partial charge in [-0.25, -0.2) is 0 Å². The zero-order valence-corrected chi connectivity index (χ0v) is 16.2. The molecule has 2 aromatic carbocycles. The van der Waals surface area contributed by atoms with Crippen LogP contribution in [0.1, 0.15) is 12.0 Å². The third kappa shape index (κ3) is 6.35. The quantitative estimate of drug-likeness (QED) is 0.309. The van der Waals surface area contributed by atoms with Crippen LogP contribution < -0.4 is 10.6 Å². The summed E-state index contributed by atoms with van der Waals surface area (Å²) in [6, 6.07) is 15.0. The van der Waals surface area contributed by atoms with Crippen LogP contribution in [0.5, 0.6) is 0 Å². The number of ether oxygens (including phenoxy) is 1. The minimum Gasteiger partial charge on any atom is -0.385 e. The number of guanidine groups is 1. The van der Waals surface area contributed by atoms with E-state index >= 15 is 0 Å². The summed E-state index contributed by atoms with van der Waals surface area (Å²) in [5.41, 5.74) is 1.36. The van der Waals surface area contributed by atoms with Crippen molar-refractivity contribution < 1.29 is 4.74 Å². The smallest absolute Gasteiger partial charge is 0.190 e. The predicted molar refractivity (Wildman–Crippen MR) is 109 cm³/mol. The number of halogens is 1. The molecule has 0 bridgehead atoms. The van der Waals surface area contributed by atoms with Gasteiger partial charge in [-0.05, 0) is 29.2 Å². The molecule has 0 aliphatic carbocycles. The van der Waals surface area contributed by atoms with E-state index in [0.717, 1.165) is 38.5 Å². The molecule has 0 amide bonds. The van der Waals surface area contributed by atoms with E-state index in [9.17, 15) is 0 Å². The fraction of sp³-hybridized carbons (Fsp3) is 0.389. The first-order valence-corrected chi connectivity index (χ1v) is 7.75. The Hall–Kier alpha value is -1.34. The van der Waals surface area contributed by atoms with E-state index in [1.165, 1.54) is 16.3 Å². The Labute approximate surface area is 155 Å². The van der Waals surface area contributed by atoms with Crippen molar-refractivity contribution in [2.45, 2.75) is 12.8 Å². The number of fused-ring (bicyclic) bond motifs is 1. The highest BCUT2D eigenvalue weighted by Crippen LogP contribution is 2.18. The predicted octanol–water partition coefficient (Wildman–Crippen LogP) is 3.20. The van der Waals surface area contributed by atoms with Gasteiger partial charge in [-0.3, -0.25) is 4.99 Å². The minimum absolute atomic E-state index is 0. The summed E-state index contributed by atoms with van der Waals surface area (Å²) >= 11 is 0. The molecule has 0 spiro atoms. The normalized spacial score (nSPS) is 11.1. The van der Waals surface area contributed by atoms with Crippen molar-refractivity contribution in [3.63, 3.8) is 0 Å². The number of hydrogen-bond donors (Lipinski definition) is 2. The van der Waals surface area contributed by atoms with Crippen LogP contribution in [0.3, 0.4) is 0 Å². The maximum absolute atomic E-state index is 5.04. The van der Waals surface area contributed by atoms with Crippen molar-refractivity contribution in [2.75, 3.05) is 33.9 Å². The molecule has 23 heavy (non-hydrogen) atoms. The van der Waals surface area contributed by atoms with E-state index in [2.05, 4.69) is 58.1 Å². The third-order valence-electron chi connectivity index (χ3n) is 3.61. The Morgan fingerprint density at radius 2 is 1.78 bits per heavy atom. The maximum Gasteiger partial charge on any atom is 0.190 e. The van der Waals surface area contributed by atoms with Gasteiger partial charge in [0.25, 0.3) is 0 Å². The molecule has 0 aromatic heterocycles. The second kappa shape index (κ2) is 11.2. The fourth-order valence-electron chi connectivity index (χ4n) is 2.47. The van der Waals surface area contributed by atoms with E-state index in [0.29, 0.717) is 0 Å². The van der Waals surface area contributed by atoms with Gasteiger partial charge in [-0.2, -0.15) is 0 Å². The summed E-state index contributed by atoms with van der Waals surface area (Å²) in [6.45, 7) is 2.49. The zero-order chi connectivity index (χ0) is 15.6. The van der Waals surface area contributed by atoms with Gasteiger partial charge in [0, 0.05) is 33.9 Å². The average molecular weight is 427 g/mol. The number of benzene rings is 2. The lowest BCUT2D eigenvalue weighted by Crippen LogP contribution is -2.39. The second-order valence-corrected chi connectivity index (χ2v) is 5.16. The van der Waals surface area contributed by atoms with Crippen molar-refractivity contribution >= 4 is 40.7 Å². The summed E-state index contributed by atoms with van der Waals surface area (Å²) < 4.78 is 5.04. The monoisotopic (exact) mass is 427 g/mol. The summed E-state index contributed by atoms with van der Waals surface area (Å²) in [5.74, 6) is 0.844. The van der Waals surface area contributed by atoms with Gasteiger partial charge in [-0.1, -0.05) is 42.5 Å². The van der Waals surface area contributed by atoms with Gasteiger partial charge in [0.1, 0.15) is 0 Å². The second-order valence-electron chi connectivity index (χ2n) is 5.16. The van der Waals surface area contributed by atoms with Gasteiger partial charge in [-0.15, -0.1) is 24.0 Å². The first-order chi connectivity index (χ1) is 10.8. The van der Waals surface area contributed by atoms with Gasteiger partial charge in [0.05, 0.1) is 0 Å². The SMILES string of the molecule is CN=C(NCCCOC)NCCc1cccc2ccccc12.I. The first kappa shape index (κ1) is 19.7. The van der Waals surface area contributed by atoms with Crippen LogP contribution in [0, 0.1) is 0 Å². The van der Waals surface area contributed by atoms with Gasteiger partial charge >= 0.3 is 0 Å². The lowest BCUT2D eigenvalue weighted by molar-refractivity contribution is 0.195. The summed E-state index contributed by atoms with van der Waals surface area (Å²) in [4.78, 5) is 4.23. The van der Waals surface area contributed by atoms with E-state index in [4.69, 9.17) is 4.74 Å². The van der Waals surface area contributed by atoms with Crippen molar-refractivity contribution in [1.29, 1.82) is 0 Å². The number of methoxy groups -OCH3 is 1. The Bertz CT molecular complexity index is 611. The third-order valence-corrected chi connectivity index (χ3v) is 3.61. The van der Waals surface area contributed by atoms with E-state index in [1.54, 1.807) is 14.2 Å². The molecular weight excluding hydrogens is 401 g/mol. The topological polar surface area (TPSA) is 45.7 Å². The van der Waals surface area contributed by atoms with Crippen LogP contribution in [0.25, 0.3) is 10.8 Å². The van der Waals surface area contributed by atoms with Crippen molar-refractivity contribution in [3.8, 4) is 0 Å². The van der Waals surface area contributed by atoms with E-state index < -0.39 is 0 Å². The largest absolute Gasteiger partial charge is 0.385 e. The lowest BCUT2D eigenvalue weighted by Gasteiger charge is -2.12. The molecule has 5 heteroatoms. The molecule has 0 aliphatic heterocycles. The Balaban J connectivity index is 0.00000264. The highest BCUT2D eigenvalue weighted by molar-refractivity contribution is 14.0. The molecule has 0 atom stereocenters. The van der Waals surface area contributed by atoms with Gasteiger partial charge in [0.15, 0.2) is 5.96 Å². The molecule has 4 nitrogen and oxygen atoms in total. The Morgan fingerprint density at radius 1 is 1.04 bits per heavy atom. The highest BCUT2D eigenvalue weighted by atomic mass is 127. The first-order valence-electron chi connectivity index (χ1n) is 7.75. The molecule has 0 saturated carbocycles. The lowest BCUT2D eigenvalue weighted by atomic mass is 10.0. The van der Waals surface area contributed by atoms with Crippen LogP contribution in [-0.4, -0.2) is 39.8 Å². The molecule has 2 aromatic rings. The Kier molecular flexibility index (Phi) is 9.63. The molecular formula is C18H26IN3O. The van der Waals surface area contributed by atoms with Crippen LogP contribution in [-0.2, 0) is 11.2 Å². The van der Waals surface area contributed by atoms with Crippen LogP contribution in [0.4, 0.5) is 0 Å². The number of aliphatic imine (C=N–C) groups is 1. The Morgan fingerprint density at radius 3 is 2.57 bits per heavy atom. The van der Waals surface area contributed by atoms with Gasteiger partial charge in [0.2, 0.25) is 0 Å². The van der Waals surface area contributed by atoms with Crippen LogP contribution in [0.15, 0.2) is 47.5 Å². The fourth-order valence-corrected chi connectivity index (χ4v) is 2.47. The summed E-state index contributed by atoms with van der Waals surface area (Å²) in [7, 11) is 3.51. The zero-order valence-electron chi connectivity index (χ0n) is 13.8. The number of nitrogens with zero attached hydrogens (tertiary/aromatic N) is 1. The standard InChI is InChI=1S/C18H25N3O.HI/c1-19-18(20-12-6-14-22-2)21-13-11-16-9-5-8-15-7-3-4-10-17(15)16;/h3-5,7-10H,6,11-14H2,1-2H3,(H2,19,20,21);1H. The number of nitrogens with one attached hydrogen (secondary N) is 2. The van der Waals surface area contributed by atoms with E-state index in [1.807, 2.05) is 0 Å². The molecule has 2 rings (SSSR count). The minimum atomic E-state index is 0. The molecule has 0 radical (unpaired) electrons. The highest BCUT2D eigenvalue weighted by Gasteiger charge is 2.01. The average Bonchev–Trinajstić information content (AvgIpc) is 2.57. The molecule has 0 aliphatic rings. The molecule has 0 saturated heterocycles. The van der Waals surface area contributed by atoms with E-state index in [-0.39, 0.29) is 24.0 Å².